The molecule has 4 aromatic rings. The monoisotopic (exact) mass is 595 g/mol. The average Bonchev–Trinajstić information content (AvgIpc) is 3.51. The summed E-state index contributed by atoms with van der Waals surface area (Å²) in [5.41, 5.74) is 5.10. The number of anilines is 1. The summed E-state index contributed by atoms with van der Waals surface area (Å²) < 4.78 is 5.23. The second kappa shape index (κ2) is 13.5. The van der Waals surface area contributed by atoms with E-state index in [4.69, 9.17) is 4.74 Å². The molecule has 1 unspecified atom stereocenters. The molecule has 44 heavy (non-hydrogen) atoms. The van der Waals surface area contributed by atoms with Gasteiger partial charge >= 0.3 is 6.09 Å². The molecular weight excluding hydrogens is 558 g/mol. The first kappa shape index (κ1) is 30.4. The third kappa shape index (κ3) is 7.66. The number of alkyl carbamates (subject to hydrolysis) is 1. The maximum absolute atomic E-state index is 13.9. The maximum atomic E-state index is 13.9. The van der Waals surface area contributed by atoms with Gasteiger partial charge in [-0.3, -0.25) is 9.59 Å². The normalized spacial score (nSPS) is 14.8. The highest BCUT2D eigenvalue weighted by molar-refractivity contribution is 6.00. The Balaban J connectivity index is 1.26. The summed E-state index contributed by atoms with van der Waals surface area (Å²) in [7, 11) is 0. The van der Waals surface area contributed by atoms with Crippen LogP contribution in [0.4, 0.5) is 10.5 Å². The van der Waals surface area contributed by atoms with Gasteiger partial charge in [-0.25, -0.2) is 4.79 Å². The van der Waals surface area contributed by atoms with Crippen LogP contribution in [-0.4, -0.2) is 56.7 Å². The number of fused-ring (bicyclic) bond motifs is 1. The minimum atomic E-state index is -0.658. The average molecular weight is 596 g/mol. The molecule has 0 spiro atoms. The van der Waals surface area contributed by atoms with E-state index in [1.54, 1.807) is 25.7 Å². The lowest BCUT2D eigenvalue weighted by Gasteiger charge is -2.26. The zero-order valence-corrected chi connectivity index (χ0v) is 25.2. The summed E-state index contributed by atoms with van der Waals surface area (Å²) in [5.74, 6) is 0.135. The van der Waals surface area contributed by atoms with Gasteiger partial charge in [0.05, 0.1) is 6.54 Å². The van der Waals surface area contributed by atoms with Gasteiger partial charge in [-0.2, -0.15) is 5.21 Å². The lowest BCUT2D eigenvalue weighted by atomic mass is 9.98. The third-order valence-electron chi connectivity index (χ3n) is 7.25. The Labute approximate surface area is 256 Å². The van der Waals surface area contributed by atoms with Crippen LogP contribution in [0.5, 0.6) is 0 Å². The van der Waals surface area contributed by atoms with E-state index in [1.165, 1.54) is 0 Å². The summed E-state index contributed by atoms with van der Waals surface area (Å²) in [6, 6.07) is 23.1. The van der Waals surface area contributed by atoms with E-state index in [1.807, 2.05) is 72.8 Å². The molecule has 11 nitrogen and oxygen atoms in total. The number of H-pyrrole nitrogens is 1. The number of amides is 3. The smallest absolute Gasteiger partial charge is 0.407 e. The van der Waals surface area contributed by atoms with E-state index in [0.717, 1.165) is 33.5 Å². The van der Waals surface area contributed by atoms with Gasteiger partial charge in [-0.1, -0.05) is 66.7 Å². The quantitative estimate of drug-likeness (QED) is 0.236. The van der Waals surface area contributed by atoms with Gasteiger partial charge < -0.3 is 20.3 Å². The van der Waals surface area contributed by atoms with Crippen LogP contribution in [0.15, 0.2) is 72.8 Å². The second-order valence-electron chi connectivity index (χ2n) is 11.7. The first-order valence-electron chi connectivity index (χ1n) is 14.8. The first-order valence-corrected chi connectivity index (χ1v) is 14.8. The fraction of sp³-hybridized carbons (Fsp3) is 0.333. The molecule has 0 bridgehead atoms. The standard InChI is InChI=1S/C33H37N7O4/c1-33(2,3)44-32(43)34-20-8-13-29(41)35-27-19-18-24-9-4-7-12-28(24)40(31(27)42)21-22-14-16-23(17-15-22)25-10-5-6-11-26(25)30-36-38-39-37-30/h4-7,9-12,14-17,27H,8,13,18-21H2,1-3H3,(H,34,43)(H,35,41)(H,36,37,38,39). The van der Waals surface area contributed by atoms with Crippen LogP contribution in [-0.2, 0) is 27.3 Å². The van der Waals surface area contributed by atoms with Gasteiger partial charge in [0.25, 0.3) is 0 Å². The Hall–Kier alpha value is -5.06. The molecule has 3 amide bonds. The molecule has 0 aliphatic carbocycles. The number of carbonyl (C=O) groups excluding carboxylic acids is 3. The van der Waals surface area contributed by atoms with Crippen molar-refractivity contribution in [2.45, 2.75) is 64.6 Å². The van der Waals surface area contributed by atoms with Crippen molar-refractivity contribution >= 4 is 23.6 Å². The van der Waals surface area contributed by atoms with Crippen LogP contribution in [0.3, 0.4) is 0 Å². The van der Waals surface area contributed by atoms with Crippen molar-refractivity contribution < 1.29 is 19.1 Å². The molecule has 11 heteroatoms. The molecule has 0 saturated heterocycles. The van der Waals surface area contributed by atoms with Crippen LogP contribution < -0.4 is 15.5 Å². The van der Waals surface area contributed by atoms with Crippen molar-refractivity contribution in [1.82, 2.24) is 31.3 Å². The number of nitrogens with zero attached hydrogens (tertiary/aromatic N) is 4. The predicted molar refractivity (Wildman–Crippen MR) is 166 cm³/mol. The summed E-state index contributed by atoms with van der Waals surface area (Å²) in [6.45, 7) is 6.03. The van der Waals surface area contributed by atoms with Gasteiger partial charge in [0.15, 0.2) is 0 Å². The number of hydrogen-bond donors (Lipinski definition) is 3. The number of aromatic nitrogens is 4. The van der Waals surface area contributed by atoms with Gasteiger partial charge in [0, 0.05) is 24.2 Å². The number of aryl methyl sites for hydroxylation is 1. The van der Waals surface area contributed by atoms with E-state index in [9.17, 15) is 14.4 Å². The maximum Gasteiger partial charge on any atom is 0.407 e. The number of tetrazole rings is 1. The van der Waals surface area contributed by atoms with E-state index in [0.29, 0.717) is 38.2 Å². The van der Waals surface area contributed by atoms with E-state index >= 15 is 0 Å². The van der Waals surface area contributed by atoms with Crippen LogP contribution in [0, 0.1) is 0 Å². The first-order chi connectivity index (χ1) is 21.2. The fourth-order valence-electron chi connectivity index (χ4n) is 5.21. The largest absolute Gasteiger partial charge is 0.444 e. The Bertz CT molecular complexity index is 1600. The number of aromatic amines is 1. The fourth-order valence-corrected chi connectivity index (χ4v) is 5.21. The molecule has 1 aliphatic rings. The number of nitrogens with one attached hydrogen (secondary N) is 3. The molecule has 3 N–H and O–H groups in total. The van der Waals surface area contributed by atoms with E-state index in [-0.39, 0.29) is 18.2 Å². The zero-order valence-electron chi connectivity index (χ0n) is 25.2. The summed E-state index contributed by atoms with van der Waals surface area (Å²) in [4.78, 5) is 40.3. The molecule has 2 heterocycles. The number of hydrogen-bond acceptors (Lipinski definition) is 7. The van der Waals surface area contributed by atoms with Crippen molar-refractivity contribution in [3.05, 3.63) is 83.9 Å². The van der Waals surface area contributed by atoms with Gasteiger partial charge in [0.1, 0.15) is 11.6 Å². The highest BCUT2D eigenvalue weighted by atomic mass is 16.6. The van der Waals surface area contributed by atoms with Gasteiger partial charge in [-0.05, 0) is 73.6 Å². The SMILES string of the molecule is CC(C)(C)OC(=O)NCCCC(=O)NC1CCc2ccccc2N(Cc2ccc(-c3ccccc3-c3nn[nH]n3)cc2)C1=O. The number of carbonyl (C=O) groups is 3. The number of benzene rings is 3. The Morgan fingerprint density at radius 2 is 1.73 bits per heavy atom. The molecule has 228 valence electrons. The van der Waals surface area contributed by atoms with Crippen molar-refractivity contribution in [2.75, 3.05) is 11.4 Å². The van der Waals surface area contributed by atoms with Crippen LogP contribution in [0.25, 0.3) is 22.5 Å². The van der Waals surface area contributed by atoms with Crippen LogP contribution >= 0.6 is 0 Å². The van der Waals surface area contributed by atoms with Crippen LogP contribution in [0.2, 0.25) is 0 Å². The van der Waals surface area contributed by atoms with Crippen molar-refractivity contribution in [3.63, 3.8) is 0 Å². The van der Waals surface area contributed by atoms with Gasteiger partial charge in [0.2, 0.25) is 17.6 Å². The summed E-state index contributed by atoms with van der Waals surface area (Å²) in [6.07, 6.45) is 1.25. The molecular formula is C33H37N7O4. The molecule has 5 rings (SSSR count). The van der Waals surface area contributed by atoms with E-state index in [2.05, 4.69) is 31.3 Å². The molecule has 1 atom stereocenters. The lowest BCUT2D eigenvalue weighted by molar-refractivity contribution is -0.127. The lowest BCUT2D eigenvalue weighted by Crippen LogP contribution is -2.47. The molecule has 0 fully saturated rings. The molecule has 1 aliphatic heterocycles. The van der Waals surface area contributed by atoms with Gasteiger partial charge in [-0.15, -0.1) is 10.2 Å². The zero-order chi connectivity index (χ0) is 31.1. The predicted octanol–water partition coefficient (Wildman–Crippen LogP) is 4.80. The molecule has 0 saturated carbocycles. The van der Waals surface area contributed by atoms with Crippen molar-refractivity contribution in [3.8, 4) is 22.5 Å². The number of para-hydroxylation sites is 1. The highest BCUT2D eigenvalue weighted by Crippen LogP contribution is 2.32. The highest BCUT2D eigenvalue weighted by Gasteiger charge is 2.31. The van der Waals surface area contributed by atoms with E-state index < -0.39 is 17.7 Å². The number of rotatable bonds is 9. The van der Waals surface area contributed by atoms with Crippen molar-refractivity contribution in [2.24, 2.45) is 0 Å². The molecule has 1 aromatic heterocycles. The summed E-state index contributed by atoms with van der Waals surface area (Å²) >= 11 is 0. The van der Waals surface area contributed by atoms with Crippen molar-refractivity contribution in [1.29, 1.82) is 0 Å². The Morgan fingerprint density at radius 3 is 2.45 bits per heavy atom. The third-order valence-corrected chi connectivity index (χ3v) is 7.25. The molecule has 0 radical (unpaired) electrons. The van der Waals surface area contributed by atoms with Crippen LogP contribution in [0.1, 0.15) is 51.2 Å². The molecule has 3 aromatic carbocycles. The topological polar surface area (TPSA) is 142 Å². The Kier molecular flexibility index (Phi) is 9.32. The second-order valence-corrected chi connectivity index (χ2v) is 11.7. The minimum Gasteiger partial charge on any atom is -0.444 e. The Morgan fingerprint density at radius 1 is 1.00 bits per heavy atom. The minimum absolute atomic E-state index is 0.151. The summed E-state index contributed by atoms with van der Waals surface area (Å²) in [5, 5.41) is 20.1. The number of ether oxygens (including phenoxy) is 1.